The van der Waals surface area contributed by atoms with Gasteiger partial charge in [-0.3, -0.25) is 4.79 Å². The molecule has 3 heterocycles. The molecular formula is C26H39NO10. The molecule has 1 amide bonds. The molecule has 37 heavy (non-hydrogen) atoms. The monoisotopic (exact) mass is 525 g/mol. The molecule has 0 aromatic heterocycles. The van der Waals surface area contributed by atoms with Crippen molar-refractivity contribution in [3.8, 4) is 0 Å². The summed E-state index contributed by atoms with van der Waals surface area (Å²) in [6.45, 7) is 3.22. The Morgan fingerprint density at radius 1 is 0.973 bits per heavy atom. The second kappa shape index (κ2) is 12.5. The molecule has 3 aliphatic heterocycles. The highest BCUT2D eigenvalue weighted by atomic mass is 16.7. The predicted octanol–water partition coefficient (Wildman–Crippen LogP) is -0.933. The molecule has 3 aliphatic rings. The number of benzene rings is 1. The molecular weight excluding hydrogens is 486 g/mol. The van der Waals surface area contributed by atoms with Crippen molar-refractivity contribution in [2.45, 2.75) is 94.5 Å². The number of aliphatic hydroxyl groups is 5. The standard InChI is InChI=1S/C26H39NO10/c1-13-22(30)25(33)24(32)19(36-13)8-16-12-34-18(16)9-17-21(27-14(2)29)26(37-20(10-28)23(17)31)35-11-15-6-4-3-5-7-15/h3-7,13,16-26,28,30-33H,8-12H2,1-2H3,(H,27,29)/t13-,16-,17+,18+,19-,20+,21+,22+,23-,24+,25+,26-/m0/s1. The van der Waals surface area contributed by atoms with Crippen molar-refractivity contribution in [2.24, 2.45) is 11.8 Å². The molecule has 4 rings (SSSR count). The van der Waals surface area contributed by atoms with E-state index in [4.69, 9.17) is 18.9 Å². The van der Waals surface area contributed by atoms with Crippen LogP contribution in [-0.4, -0.2) is 106 Å². The second-order valence-electron chi connectivity index (χ2n) is 10.4. The maximum atomic E-state index is 12.1. The minimum absolute atomic E-state index is 0.0430. The van der Waals surface area contributed by atoms with E-state index < -0.39 is 67.6 Å². The lowest BCUT2D eigenvalue weighted by molar-refractivity contribution is -0.271. The highest BCUT2D eigenvalue weighted by Crippen LogP contribution is 2.38. The van der Waals surface area contributed by atoms with Gasteiger partial charge in [0.05, 0.1) is 50.3 Å². The molecule has 208 valence electrons. The van der Waals surface area contributed by atoms with Crippen LogP contribution in [0.25, 0.3) is 0 Å². The molecule has 0 saturated carbocycles. The number of hydrogen-bond donors (Lipinski definition) is 6. The van der Waals surface area contributed by atoms with Crippen LogP contribution in [0.4, 0.5) is 0 Å². The van der Waals surface area contributed by atoms with Crippen LogP contribution in [0.3, 0.4) is 0 Å². The molecule has 1 aromatic carbocycles. The van der Waals surface area contributed by atoms with Gasteiger partial charge in [0.15, 0.2) is 6.29 Å². The summed E-state index contributed by atoms with van der Waals surface area (Å²) < 4.78 is 23.4. The van der Waals surface area contributed by atoms with Gasteiger partial charge in [-0.25, -0.2) is 0 Å². The first-order valence-electron chi connectivity index (χ1n) is 12.9. The normalized spacial score (nSPS) is 42.1. The number of nitrogens with one attached hydrogen (secondary N) is 1. The highest BCUT2D eigenvalue weighted by Gasteiger charge is 2.50. The zero-order valence-electron chi connectivity index (χ0n) is 21.1. The van der Waals surface area contributed by atoms with Crippen LogP contribution < -0.4 is 5.32 Å². The Balaban J connectivity index is 1.45. The average molecular weight is 526 g/mol. The van der Waals surface area contributed by atoms with Crippen molar-refractivity contribution in [3.05, 3.63) is 35.9 Å². The maximum Gasteiger partial charge on any atom is 0.217 e. The Bertz CT molecular complexity index is 874. The number of ether oxygens (including phenoxy) is 4. The Labute approximate surface area is 216 Å². The highest BCUT2D eigenvalue weighted by molar-refractivity contribution is 5.73. The van der Waals surface area contributed by atoms with Crippen molar-refractivity contribution in [2.75, 3.05) is 13.2 Å². The Morgan fingerprint density at radius 2 is 1.70 bits per heavy atom. The van der Waals surface area contributed by atoms with E-state index in [1.54, 1.807) is 6.92 Å². The van der Waals surface area contributed by atoms with Crippen LogP contribution in [0, 0.1) is 11.8 Å². The third kappa shape index (κ3) is 6.49. The SMILES string of the molecule is CC(=O)N[C@H]1[C@@H](OCc2ccccc2)O[C@H](CO)[C@@H](O)[C@@H]1C[C@H]1OC[C@@H]1C[C@@H]1O[C@@H](C)[C@@H](O)[C@@H](O)[C@@H]1O. The summed E-state index contributed by atoms with van der Waals surface area (Å²) in [5.41, 5.74) is 0.908. The molecule has 0 unspecified atom stereocenters. The minimum atomic E-state index is -1.30. The number of rotatable bonds is 9. The number of carbonyl (C=O) groups is 1. The van der Waals surface area contributed by atoms with Crippen LogP contribution in [0.2, 0.25) is 0 Å². The van der Waals surface area contributed by atoms with Crippen molar-refractivity contribution in [1.82, 2.24) is 5.32 Å². The molecule has 12 atom stereocenters. The van der Waals surface area contributed by atoms with E-state index in [1.165, 1.54) is 6.92 Å². The second-order valence-corrected chi connectivity index (χ2v) is 10.4. The molecule has 3 fully saturated rings. The van der Waals surface area contributed by atoms with Gasteiger partial charge in [-0.05, 0) is 25.3 Å². The average Bonchev–Trinajstić information content (AvgIpc) is 2.87. The Kier molecular flexibility index (Phi) is 9.54. The van der Waals surface area contributed by atoms with Crippen LogP contribution in [0.5, 0.6) is 0 Å². The van der Waals surface area contributed by atoms with Crippen LogP contribution in [-0.2, 0) is 30.3 Å². The Hall–Kier alpha value is -1.67. The summed E-state index contributed by atoms with van der Waals surface area (Å²) in [5.74, 6) is -0.904. The fraction of sp³-hybridized carbons (Fsp3) is 0.731. The lowest BCUT2D eigenvalue weighted by Crippen LogP contribution is -2.63. The predicted molar refractivity (Wildman–Crippen MR) is 129 cm³/mol. The van der Waals surface area contributed by atoms with Gasteiger partial charge in [0.2, 0.25) is 5.91 Å². The summed E-state index contributed by atoms with van der Waals surface area (Å²) in [6, 6.07) is 8.77. The third-order valence-electron chi connectivity index (χ3n) is 7.73. The third-order valence-corrected chi connectivity index (χ3v) is 7.73. The van der Waals surface area contributed by atoms with Gasteiger partial charge in [0, 0.05) is 18.8 Å². The van der Waals surface area contributed by atoms with E-state index in [0.717, 1.165) is 5.56 Å². The first kappa shape index (κ1) is 28.3. The van der Waals surface area contributed by atoms with E-state index >= 15 is 0 Å². The molecule has 0 bridgehead atoms. The van der Waals surface area contributed by atoms with E-state index in [-0.39, 0.29) is 24.5 Å². The topological polar surface area (TPSA) is 167 Å². The first-order chi connectivity index (χ1) is 17.7. The molecule has 0 spiro atoms. The lowest BCUT2D eigenvalue weighted by Gasteiger charge is -2.49. The molecule has 11 heteroatoms. The summed E-state index contributed by atoms with van der Waals surface area (Å²) in [7, 11) is 0. The molecule has 3 saturated heterocycles. The smallest absolute Gasteiger partial charge is 0.217 e. The Morgan fingerprint density at radius 3 is 2.32 bits per heavy atom. The number of aliphatic hydroxyl groups excluding tert-OH is 5. The van der Waals surface area contributed by atoms with E-state index in [9.17, 15) is 30.3 Å². The minimum Gasteiger partial charge on any atom is -0.394 e. The van der Waals surface area contributed by atoms with Gasteiger partial charge < -0.3 is 49.8 Å². The number of carbonyl (C=O) groups excluding carboxylic acids is 1. The van der Waals surface area contributed by atoms with Crippen molar-refractivity contribution >= 4 is 5.91 Å². The van der Waals surface area contributed by atoms with Gasteiger partial charge >= 0.3 is 0 Å². The molecule has 6 N–H and O–H groups in total. The first-order valence-corrected chi connectivity index (χ1v) is 12.9. The van der Waals surface area contributed by atoms with Gasteiger partial charge in [0.1, 0.15) is 24.4 Å². The van der Waals surface area contributed by atoms with E-state index in [2.05, 4.69) is 5.32 Å². The zero-order chi connectivity index (χ0) is 26.7. The zero-order valence-corrected chi connectivity index (χ0v) is 21.1. The summed E-state index contributed by atoms with van der Waals surface area (Å²) in [5, 5.41) is 54.3. The molecule has 0 radical (unpaired) electrons. The number of amides is 1. The number of hydrogen-bond acceptors (Lipinski definition) is 10. The van der Waals surface area contributed by atoms with Gasteiger partial charge in [-0.1, -0.05) is 30.3 Å². The molecule has 11 nitrogen and oxygen atoms in total. The lowest BCUT2D eigenvalue weighted by atomic mass is 9.77. The van der Waals surface area contributed by atoms with Crippen LogP contribution in [0.1, 0.15) is 32.3 Å². The largest absolute Gasteiger partial charge is 0.394 e. The van der Waals surface area contributed by atoms with Crippen LogP contribution >= 0.6 is 0 Å². The fourth-order valence-electron chi connectivity index (χ4n) is 5.52. The van der Waals surface area contributed by atoms with Gasteiger partial charge in [-0.2, -0.15) is 0 Å². The quantitative estimate of drug-likeness (QED) is 0.237. The molecule has 1 aromatic rings. The van der Waals surface area contributed by atoms with Crippen LogP contribution in [0.15, 0.2) is 30.3 Å². The fourth-order valence-corrected chi connectivity index (χ4v) is 5.52. The van der Waals surface area contributed by atoms with Gasteiger partial charge in [-0.15, -0.1) is 0 Å². The van der Waals surface area contributed by atoms with E-state index in [0.29, 0.717) is 19.4 Å². The van der Waals surface area contributed by atoms with Crippen molar-refractivity contribution in [3.63, 3.8) is 0 Å². The summed E-state index contributed by atoms with van der Waals surface area (Å²) in [4.78, 5) is 12.1. The summed E-state index contributed by atoms with van der Waals surface area (Å²) in [6.07, 6.45) is -7.50. The summed E-state index contributed by atoms with van der Waals surface area (Å²) >= 11 is 0. The van der Waals surface area contributed by atoms with E-state index in [1.807, 2.05) is 30.3 Å². The maximum absolute atomic E-state index is 12.1. The van der Waals surface area contributed by atoms with Crippen molar-refractivity contribution in [1.29, 1.82) is 0 Å². The van der Waals surface area contributed by atoms with Crippen molar-refractivity contribution < 1.29 is 49.3 Å². The van der Waals surface area contributed by atoms with Gasteiger partial charge in [0.25, 0.3) is 0 Å². The molecule has 0 aliphatic carbocycles.